The molecule has 1 aromatic rings. The highest BCUT2D eigenvalue weighted by Gasteiger charge is 2.08. The molecule has 0 atom stereocenters. The molecule has 14 heavy (non-hydrogen) atoms. The highest BCUT2D eigenvalue weighted by molar-refractivity contribution is 5.99. The third-order valence-electron chi connectivity index (χ3n) is 1.83. The van der Waals surface area contributed by atoms with Crippen LogP contribution in [0, 0.1) is 0 Å². The summed E-state index contributed by atoms with van der Waals surface area (Å²) in [5.41, 5.74) is 8.57. The van der Waals surface area contributed by atoms with Crippen LogP contribution in [0.15, 0.2) is 29.3 Å². The van der Waals surface area contributed by atoms with E-state index in [9.17, 15) is 0 Å². The standard InChI is InChI=1S/C12H18N2/c1-9(14-12(2,3)4)10-5-7-11(13)8-6-10/h5-8H,13H2,1-4H3. The van der Waals surface area contributed by atoms with Gasteiger partial charge in [0.2, 0.25) is 0 Å². The second-order valence-corrected chi connectivity index (χ2v) is 4.49. The first-order chi connectivity index (χ1) is 6.38. The average molecular weight is 190 g/mol. The van der Waals surface area contributed by atoms with Crippen molar-refractivity contribution < 1.29 is 0 Å². The van der Waals surface area contributed by atoms with Gasteiger partial charge in [-0.1, -0.05) is 12.1 Å². The maximum absolute atomic E-state index is 5.61. The van der Waals surface area contributed by atoms with Crippen LogP contribution in [0.25, 0.3) is 0 Å². The van der Waals surface area contributed by atoms with Crippen molar-refractivity contribution in [3.63, 3.8) is 0 Å². The van der Waals surface area contributed by atoms with E-state index in [1.54, 1.807) is 0 Å². The molecule has 0 radical (unpaired) electrons. The number of hydrogen-bond acceptors (Lipinski definition) is 2. The van der Waals surface area contributed by atoms with E-state index in [-0.39, 0.29) is 5.54 Å². The van der Waals surface area contributed by atoms with Gasteiger partial charge >= 0.3 is 0 Å². The Kier molecular flexibility index (Phi) is 2.94. The first kappa shape index (κ1) is 10.8. The summed E-state index contributed by atoms with van der Waals surface area (Å²) in [6.45, 7) is 8.30. The van der Waals surface area contributed by atoms with E-state index in [1.165, 1.54) is 0 Å². The summed E-state index contributed by atoms with van der Waals surface area (Å²) in [6.07, 6.45) is 0. The zero-order valence-electron chi connectivity index (χ0n) is 9.33. The van der Waals surface area contributed by atoms with Crippen LogP contribution in [-0.2, 0) is 0 Å². The van der Waals surface area contributed by atoms with Crippen molar-refractivity contribution >= 4 is 11.4 Å². The number of nitrogens with two attached hydrogens (primary N) is 1. The zero-order chi connectivity index (χ0) is 10.8. The van der Waals surface area contributed by atoms with Crippen LogP contribution >= 0.6 is 0 Å². The number of nitrogens with zero attached hydrogens (tertiary/aromatic N) is 1. The minimum Gasteiger partial charge on any atom is -0.399 e. The number of benzene rings is 1. The van der Waals surface area contributed by atoms with E-state index in [0.29, 0.717) is 0 Å². The second kappa shape index (κ2) is 3.82. The Bertz CT molecular complexity index is 328. The van der Waals surface area contributed by atoms with Crippen molar-refractivity contribution in [3.8, 4) is 0 Å². The fraction of sp³-hybridized carbons (Fsp3) is 0.417. The van der Waals surface area contributed by atoms with E-state index in [2.05, 4.69) is 25.8 Å². The Morgan fingerprint density at radius 3 is 2.07 bits per heavy atom. The molecule has 0 aliphatic heterocycles. The molecule has 0 saturated carbocycles. The van der Waals surface area contributed by atoms with E-state index >= 15 is 0 Å². The van der Waals surface area contributed by atoms with Crippen LogP contribution in [0.1, 0.15) is 33.3 Å². The lowest BCUT2D eigenvalue weighted by Crippen LogP contribution is -2.13. The third-order valence-corrected chi connectivity index (χ3v) is 1.83. The predicted molar refractivity (Wildman–Crippen MR) is 62.8 cm³/mol. The molecule has 0 fully saturated rings. The van der Waals surface area contributed by atoms with Crippen molar-refractivity contribution in [1.82, 2.24) is 0 Å². The molecule has 0 spiro atoms. The van der Waals surface area contributed by atoms with Gasteiger partial charge in [-0.05, 0) is 45.4 Å². The SMILES string of the molecule is CC(=NC(C)(C)C)c1ccc(N)cc1. The molecule has 0 aromatic heterocycles. The summed E-state index contributed by atoms with van der Waals surface area (Å²) in [6, 6.07) is 7.80. The topological polar surface area (TPSA) is 38.4 Å². The van der Waals surface area contributed by atoms with Crippen molar-refractivity contribution in [2.75, 3.05) is 5.73 Å². The summed E-state index contributed by atoms with van der Waals surface area (Å²) in [7, 11) is 0. The van der Waals surface area contributed by atoms with Gasteiger partial charge < -0.3 is 5.73 Å². The molecule has 0 unspecified atom stereocenters. The van der Waals surface area contributed by atoms with Crippen molar-refractivity contribution in [2.45, 2.75) is 33.2 Å². The van der Waals surface area contributed by atoms with Crippen LogP contribution < -0.4 is 5.73 Å². The molecule has 2 nitrogen and oxygen atoms in total. The van der Waals surface area contributed by atoms with Gasteiger partial charge in [0.25, 0.3) is 0 Å². The number of anilines is 1. The fourth-order valence-electron chi connectivity index (χ4n) is 1.29. The highest BCUT2D eigenvalue weighted by atomic mass is 14.8. The quantitative estimate of drug-likeness (QED) is 0.536. The second-order valence-electron chi connectivity index (χ2n) is 4.49. The van der Waals surface area contributed by atoms with Crippen LogP contribution in [0.5, 0.6) is 0 Å². The molecule has 0 aliphatic carbocycles. The molecule has 0 saturated heterocycles. The van der Waals surface area contributed by atoms with Gasteiger partial charge in [-0.25, -0.2) is 0 Å². The van der Waals surface area contributed by atoms with Gasteiger partial charge in [0.05, 0.1) is 5.54 Å². The molecule has 0 bridgehead atoms. The smallest absolute Gasteiger partial charge is 0.0527 e. The number of aliphatic imine (C=N–C) groups is 1. The number of nitrogen functional groups attached to an aromatic ring is 1. The monoisotopic (exact) mass is 190 g/mol. The van der Waals surface area contributed by atoms with Crippen LogP contribution in [-0.4, -0.2) is 11.3 Å². The number of hydrogen-bond donors (Lipinski definition) is 1. The van der Waals surface area contributed by atoms with Gasteiger partial charge in [0, 0.05) is 11.4 Å². The molecule has 0 amide bonds. The maximum atomic E-state index is 5.61. The fourth-order valence-corrected chi connectivity index (χ4v) is 1.29. The summed E-state index contributed by atoms with van der Waals surface area (Å²) < 4.78 is 0. The molecular weight excluding hydrogens is 172 g/mol. The van der Waals surface area contributed by atoms with Gasteiger partial charge in [0.15, 0.2) is 0 Å². The zero-order valence-corrected chi connectivity index (χ0v) is 9.33. The molecule has 0 aliphatic rings. The lowest BCUT2D eigenvalue weighted by atomic mass is 10.1. The average Bonchev–Trinajstić information content (AvgIpc) is 2.02. The summed E-state index contributed by atoms with van der Waals surface area (Å²) in [4.78, 5) is 4.59. The molecule has 2 N–H and O–H groups in total. The molecular formula is C12H18N2. The van der Waals surface area contributed by atoms with Crippen molar-refractivity contribution in [1.29, 1.82) is 0 Å². The van der Waals surface area contributed by atoms with Gasteiger partial charge in [0.1, 0.15) is 0 Å². The van der Waals surface area contributed by atoms with Crippen molar-refractivity contribution in [3.05, 3.63) is 29.8 Å². The van der Waals surface area contributed by atoms with Gasteiger partial charge in [-0.15, -0.1) is 0 Å². The molecule has 0 heterocycles. The lowest BCUT2D eigenvalue weighted by molar-refractivity contribution is 0.584. The van der Waals surface area contributed by atoms with E-state index in [4.69, 9.17) is 5.73 Å². The van der Waals surface area contributed by atoms with E-state index in [1.807, 2.05) is 31.2 Å². The summed E-state index contributed by atoms with van der Waals surface area (Å²) in [5.74, 6) is 0. The van der Waals surface area contributed by atoms with Gasteiger partial charge in [-0.3, -0.25) is 4.99 Å². The first-order valence-electron chi connectivity index (χ1n) is 4.81. The Morgan fingerprint density at radius 2 is 1.64 bits per heavy atom. The first-order valence-corrected chi connectivity index (χ1v) is 4.81. The predicted octanol–water partition coefficient (Wildman–Crippen LogP) is 2.88. The minimum absolute atomic E-state index is 0.0224. The summed E-state index contributed by atoms with van der Waals surface area (Å²) in [5, 5.41) is 0. The molecule has 1 aromatic carbocycles. The van der Waals surface area contributed by atoms with Crippen LogP contribution in [0.2, 0.25) is 0 Å². The Morgan fingerprint density at radius 1 is 1.14 bits per heavy atom. The highest BCUT2D eigenvalue weighted by Crippen LogP contribution is 2.12. The maximum Gasteiger partial charge on any atom is 0.0527 e. The molecule has 2 heteroatoms. The Labute approximate surface area is 85.9 Å². The molecule has 76 valence electrons. The normalized spacial score (nSPS) is 13.0. The lowest BCUT2D eigenvalue weighted by Gasteiger charge is -2.14. The van der Waals surface area contributed by atoms with Crippen molar-refractivity contribution in [2.24, 2.45) is 4.99 Å². The number of rotatable bonds is 1. The van der Waals surface area contributed by atoms with Crippen LogP contribution in [0.3, 0.4) is 0 Å². The largest absolute Gasteiger partial charge is 0.399 e. The van der Waals surface area contributed by atoms with Gasteiger partial charge in [-0.2, -0.15) is 0 Å². The van der Waals surface area contributed by atoms with E-state index < -0.39 is 0 Å². The van der Waals surface area contributed by atoms with Crippen LogP contribution in [0.4, 0.5) is 5.69 Å². The summed E-state index contributed by atoms with van der Waals surface area (Å²) >= 11 is 0. The Hall–Kier alpha value is -1.31. The molecule has 1 rings (SSSR count). The third kappa shape index (κ3) is 3.21. The minimum atomic E-state index is -0.0224. The van der Waals surface area contributed by atoms with E-state index in [0.717, 1.165) is 17.0 Å². The Balaban J connectivity index is 2.95.